The zero-order valence-electron chi connectivity index (χ0n) is 17.5. The predicted octanol–water partition coefficient (Wildman–Crippen LogP) is 6.15. The number of benzene rings is 2. The number of rotatable bonds is 6. The van der Waals surface area contributed by atoms with Gasteiger partial charge in [0.25, 0.3) is 0 Å². The first-order chi connectivity index (χ1) is 13.5. The zero-order chi connectivity index (χ0) is 20.1. The van der Waals surface area contributed by atoms with E-state index in [9.17, 15) is 0 Å². The van der Waals surface area contributed by atoms with Crippen molar-refractivity contribution in [3.8, 4) is 0 Å². The first-order valence-electron chi connectivity index (χ1n) is 10.0. The van der Waals surface area contributed by atoms with Crippen LogP contribution in [0.15, 0.2) is 83.9 Å². The third-order valence-electron chi connectivity index (χ3n) is 5.33. The van der Waals surface area contributed by atoms with Gasteiger partial charge < -0.3 is 9.80 Å². The molecule has 1 unspecified atom stereocenters. The minimum atomic E-state index is -0.379. The van der Waals surface area contributed by atoms with Gasteiger partial charge in [-0.3, -0.25) is 0 Å². The van der Waals surface area contributed by atoms with Crippen LogP contribution in [0.5, 0.6) is 0 Å². The molecule has 1 aliphatic rings. The maximum Gasteiger partial charge on any atom is 0.206 e. The van der Waals surface area contributed by atoms with Gasteiger partial charge in [-0.1, -0.05) is 80.5 Å². The van der Waals surface area contributed by atoms with E-state index in [1.807, 2.05) is 13.0 Å². The van der Waals surface area contributed by atoms with Crippen molar-refractivity contribution in [2.24, 2.45) is 4.99 Å². The second kappa shape index (κ2) is 8.47. The third-order valence-corrected chi connectivity index (χ3v) is 5.33. The van der Waals surface area contributed by atoms with E-state index >= 15 is 0 Å². The Balaban J connectivity index is 2.18. The van der Waals surface area contributed by atoms with Gasteiger partial charge in [-0.15, -0.1) is 0 Å². The molecule has 0 spiro atoms. The summed E-state index contributed by atoms with van der Waals surface area (Å²) in [6, 6.07) is 19.0. The highest BCUT2D eigenvalue weighted by Crippen LogP contribution is 2.43. The van der Waals surface area contributed by atoms with Gasteiger partial charge in [0.05, 0.1) is 0 Å². The summed E-state index contributed by atoms with van der Waals surface area (Å²) in [6.45, 7) is 8.33. The Morgan fingerprint density at radius 1 is 1.14 bits per heavy atom. The van der Waals surface area contributed by atoms with E-state index in [4.69, 9.17) is 4.99 Å². The number of hydrogen-bond donors (Lipinski definition) is 0. The average molecular weight is 374 g/mol. The van der Waals surface area contributed by atoms with Crippen LogP contribution < -0.4 is 9.80 Å². The Morgan fingerprint density at radius 3 is 2.50 bits per heavy atom. The van der Waals surface area contributed by atoms with Gasteiger partial charge in [0.1, 0.15) is 5.54 Å². The predicted molar refractivity (Wildman–Crippen MR) is 122 cm³/mol. The standard InChI is InChI=1S/C25H31N3/c1-6-7-18-25(19-17-20(2)3)22-15-11-12-16-23(22)28(5)24(26-25)27(4)21-13-9-8-10-14-21/h8-17,19H,2,6-7,18H2,1,3-5H3/b19-17+. The molecule has 0 aromatic heterocycles. The number of unbranched alkanes of at least 4 members (excludes halogenated alkanes) is 1. The minimum absolute atomic E-state index is 0.379. The fraction of sp³-hybridized carbons (Fsp3) is 0.320. The monoisotopic (exact) mass is 373 g/mol. The van der Waals surface area contributed by atoms with Crippen molar-refractivity contribution in [1.29, 1.82) is 0 Å². The van der Waals surface area contributed by atoms with Crippen LogP contribution >= 0.6 is 0 Å². The molecular weight excluding hydrogens is 342 g/mol. The van der Waals surface area contributed by atoms with Crippen LogP contribution in [0.1, 0.15) is 38.7 Å². The van der Waals surface area contributed by atoms with Gasteiger partial charge >= 0.3 is 0 Å². The summed E-state index contributed by atoms with van der Waals surface area (Å²) in [5.41, 5.74) is 4.25. The topological polar surface area (TPSA) is 18.8 Å². The van der Waals surface area contributed by atoms with Crippen LogP contribution in [0.2, 0.25) is 0 Å². The van der Waals surface area contributed by atoms with Crippen LogP contribution in [0.25, 0.3) is 0 Å². The highest BCUT2D eigenvalue weighted by molar-refractivity contribution is 6.08. The SMILES string of the molecule is C=C(C)/C=C/C1(CCCC)N=C(N(C)c2ccccc2)N(C)c2ccccc21. The largest absolute Gasteiger partial charge is 0.315 e. The molecule has 0 radical (unpaired) electrons. The number of fused-ring (bicyclic) bond motifs is 1. The first-order valence-corrected chi connectivity index (χ1v) is 10.0. The Morgan fingerprint density at radius 2 is 1.82 bits per heavy atom. The fourth-order valence-electron chi connectivity index (χ4n) is 3.75. The fourth-order valence-corrected chi connectivity index (χ4v) is 3.75. The van der Waals surface area contributed by atoms with Crippen LogP contribution in [-0.4, -0.2) is 20.1 Å². The van der Waals surface area contributed by atoms with Gasteiger partial charge in [-0.25, -0.2) is 4.99 Å². The molecule has 2 aromatic carbocycles. The molecule has 3 nitrogen and oxygen atoms in total. The number of anilines is 2. The van der Waals surface area contributed by atoms with Crippen molar-refractivity contribution in [1.82, 2.24) is 0 Å². The molecule has 0 N–H and O–H groups in total. The van der Waals surface area contributed by atoms with Crippen LogP contribution in [0.3, 0.4) is 0 Å². The Kier molecular flexibility index (Phi) is 6.03. The van der Waals surface area contributed by atoms with E-state index in [0.29, 0.717) is 0 Å². The van der Waals surface area contributed by atoms with Crippen molar-refractivity contribution in [2.75, 3.05) is 23.9 Å². The molecule has 3 rings (SSSR count). The summed E-state index contributed by atoms with van der Waals surface area (Å²) in [6.07, 6.45) is 7.59. The second-order valence-electron chi connectivity index (χ2n) is 7.59. The van der Waals surface area contributed by atoms with Crippen molar-refractivity contribution >= 4 is 17.3 Å². The van der Waals surface area contributed by atoms with Gasteiger partial charge in [0.2, 0.25) is 5.96 Å². The molecular formula is C25H31N3. The lowest BCUT2D eigenvalue weighted by molar-refractivity contribution is 0.482. The quantitative estimate of drug-likeness (QED) is 0.566. The number of nitrogens with zero attached hydrogens (tertiary/aromatic N) is 3. The van der Waals surface area contributed by atoms with Gasteiger partial charge in [0.15, 0.2) is 0 Å². The molecule has 0 aliphatic carbocycles. The van der Waals surface area contributed by atoms with E-state index in [0.717, 1.165) is 36.5 Å². The van der Waals surface area contributed by atoms with E-state index in [1.165, 1.54) is 11.3 Å². The molecule has 2 aromatic rings. The van der Waals surface area contributed by atoms with Crippen molar-refractivity contribution < 1.29 is 0 Å². The normalized spacial score (nSPS) is 18.7. The second-order valence-corrected chi connectivity index (χ2v) is 7.59. The van der Waals surface area contributed by atoms with Crippen molar-refractivity contribution in [2.45, 2.75) is 38.6 Å². The highest BCUT2D eigenvalue weighted by atomic mass is 15.4. The summed E-state index contributed by atoms with van der Waals surface area (Å²) in [5.74, 6) is 0.951. The molecule has 1 atom stereocenters. The van der Waals surface area contributed by atoms with Crippen LogP contribution in [0.4, 0.5) is 11.4 Å². The smallest absolute Gasteiger partial charge is 0.206 e. The van der Waals surface area contributed by atoms with E-state index in [1.54, 1.807) is 0 Å². The highest BCUT2D eigenvalue weighted by Gasteiger charge is 2.38. The van der Waals surface area contributed by atoms with Crippen LogP contribution in [0, 0.1) is 0 Å². The van der Waals surface area contributed by atoms with E-state index < -0.39 is 0 Å². The summed E-state index contributed by atoms with van der Waals surface area (Å²) in [7, 11) is 4.19. The number of allylic oxidation sites excluding steroid dienone is 2. The molecule has 146 valence electrons. The summed E-state index contributed by atoms with van der Waals surface area (Å²) in [5, 5.41) is 0. The molecule has 0 saturated heterocycles. The Hall–Kier alpha value is -2.81. The molecule has 28 heavy (non-hydrogen) atoms. The lowest BCUT2D eigenvalue weighted by atomic mass is 9.82. The maximum absolute atomic E-state index is 5.36. The Bertz CT molecular complexity index is 882. The molecule has 0 amide bonds. The van der Waals surface area contributed by atoms with Gasteiger partial charge in [-0.05, 0) is 31.5 Å². The van der Waals surface area contributed by atoms with Crippen molar-refractivity contribution in [3.05, 3.63) is 84.5 Å². The first kappa shape index (κ1) is 19.9. The lowest BCUT2D eigenvalue weighted by Gasteiger charge is -2.41. The van der Waals surface area contributed by atoms with E-state index in [-0.39, 0.29) is 5.54 Å². The summed E-state index contributed by atoms with van der Waals surface area (Å²) in [4.78, 5) is 9.73. The molecule has 1 aliphatic heterocycles. The average Bonchev–Trinajstić information content (AvgIpc) is 2.73. The number of aliphatic imine (C=N–C) groups is 1. The molecule has 0 bridgehead atoms. The number of guanidine groups is 1. The summed E-state index contributed by atoms with van der Waals surface area (Å²) >= 11 is 0. The van der Waals surface area contributed by atoms with E-state index in [2.05, 4.69) is 98.1 Å². The molecule has 3 heteroatoms. The van der Waals surface area contributed by atoms with Gasteiger partial charge in [0, 0.05) is 31.0 Å². The van der Waals surface area contributed by atoms with Crippen molar-refractivity contribution in [3.63, 3.8) is 0 Å². The van der Waals surface area contributed by atoms with Gasteiger partial charge in [-0.2, -0.15) is 0 Å². The lowest BCUT2D eigenvalue weighted by Crippen LogP contribution is -2.46. The Labute approximate surface area is 169 Å². The minimum Gasteiger partial charge on any atom is -0.315 e. The number of para-hydroxylation sites is 2. The maximum atomic E-state index is 5.36. The molecule has 0 saturated carbocycles. The zero-order valence-corrected chi connectivity index (χ0v) is 17.5. The third kappa shape index (κ3) is 3.89. The molecule has 0 fully saturated rings. The molecule has 1 heterocycles. The van der Waals surface area contributed by atoms with Crippen LogP contribution in [-0.2, 0) is 5.54 Å². The number of hydrogen-bond acceptors (Lipinski definition) is 3. The summed E-state index contributed by atoms with van der Waals surface area (Å²) < 4.78 is 0.